The van der Waals surface area contributed by atoms with E-state index in [9.17, 15) is 9.59 Å². The largest absolute Gasteiger partial charge is 0.348 e. The van der Waals surface area contributed by atoms with E-state index in [1.807, 2.05) is 68.3 Å². The summed E-state index contributed by atoms with van der Waals surface area (Å²) in [5.74, 6) is -0.373. The van der Waals surface area contributed by atoms with Crippen molar-refractivity contribution in [3.63, 3.8) is 0 Å². The van der Waals surface area contributed by atoms with Crippen molar-refractivity contribution in [2.45, 2.75) is 38.9 Å². The van der Waals surface area contributed by atoms with Crippen molar-refractivity contribution >= 4 is 35.0 Å². The van der Waals surface area contributed by atoms with E-state index in [1.54, 1.807) is 29.2 Å². The predicted octanol–water partition coefficient (Wildman–Crippen LogP) is 5.67. The number of rotatable bonds is 4. The fourth-order valence-electron chi connectivity index (χ4n) is 4.27. The molecule has 3 aromatic rings. The number of hydrogen-bond donors (Lipinski definition) is 0. The minimum atomic E-state index is -0.572. The van der Waals surface area contributed by atoms with Gasteiger partial charge in [0, 0.05) is 35.5 Å². The Kier molecular flexibility index (Phi) is 6.55. The van der Waals surface area contributed by atoms with Crippen LogP contribution in [0.3, 0.4) is 0 Å². The first-order chi connectivity index (χ1) is 15.7. The van der Waals surface area contributed by atoms with Gasteiger partial charge in [-0.1, -0.05) is 47.5 Å². The number of hydrogen-bond acceptors (Lipinski definition) is 2. The highest BCUT2D eigenvalue weighted by molar-refractivity contribution is 6.33. The third-order valence-corrected chi connectivity index (χ3v) is 6.58. The SMILES string of the molecule is CC(C)(C)N(CC(=O)N1CCn2cccc2C1c1ccc(Cl)cc1)C(=O)c1ccccc1Cl. The first kappa shape index (κ1) is 23.4. The lowest BCUT2D eigenvalue weighted by Crippen LogP contribution is -2.53. The van der Waals surface area contributed by atoms with Gasteiger partial charge in [-0.25, -0.2) is 0 Å². The fourth-order valence-corrected chi connectivity index (χ4v) is 4.61. The first-order valence-corrected chi connectivity index (χ1v) is 11.7. The number of halogens is 2. The van der Waals surface area contributed by atoms with Gasteiger partial charge in [-0.2, -0.15) is 0 Å². The molecule has 172 valence electrons. The molecule has 0 aliphatic carbocycles. The summed E-state index contributed by atoms with van der Waals surface area (Å²) in [5, 5.41) is 1.02. The molecule has 0 saturated carbocycles. The Morgan fingerprint density at radius 1 is 0.970 bits per heavy atom. The number of aromatic nitrogens is 1. The molecule has 33 heavy (non-hydrogen) atoms. The van der Waals surface area contributed by atoms with E-state index in [1.165, 1.54) is 0 Å². The van der Waals surface area contributed by atoms with Crippen LogP contribution < -0.4 is 0 Å². The molecule has 0 saturated heterocycles. The Bertz CT molecular complexity index is 1160. The highest BCUT2D eigenvalue weighted by Crippen LogP contribution is 2.33. The quantitative estimate of drug-likeness (QED) is 0.479. The van der Waals surface area contributed by atoms with Gasteiger partial charge in [0.15, 0.2) is 0 Å². The Morgan fingerprint density at radius 2 is 1.67 bits per heavy atom. The second kappa shape index (κ2) is 9.24. The van der Waals surface area contributed by atoms with Gasteiger partial charge in [0.25, 0.3) is 5.91 Å². The number of carbonyl (C=O) groups excluding carboxylic acids is 2. The first-order valence-electron chi connectivity index (χ1n) is 10.9. The molecule has 1 unspecified atom stereocenters. The lowest BCUT2D eigenvalue weighted by Gasteiger charge is -2.41. The standard InChI is InChI=1S/C26H27Cl2N3O2/c1-26(2,3)31(25(33)20-7-4-5-8-21(20)28)17-23(32)30-16-15-29-14-6-9-22(29)24(30)18-10-12-19(27)13-11-18/h4-14,24H,15-17H2,1-3H3. The molecule has 0 spiro atoms. The summed E-state index contributed by atoms with van der Waals surface area (Å²) in [4.78, 5) is 30.6. The molecule has 2 aromatic carbocycles. The average Bonchev–Trinajstić information content (AvgIpc) is 3.25. The summed E-state index contributed by atoms with van der Waals surface area (Å²) in [6.07, 6.45) is 2.03. The summed E-state index contributed by atoms with van der Waals surface area (Å²) in [6, 6.07) is 18.3. The van der Waals surface area contributed by atoms with Crippen LogP contribution in [0.15, 0.2) is 66.9 Å². The van der Waals surface area contributed by atoms with Crippen molar-refractivity contribution in [1.29, 1.82) is 0 Å². The van der Waals surface area contributed by atoms with Gasteiger partial charge < -0.3 is 14.4 Å². The van der Waals surface area contributed by atoms with E-state index in [0.717, 1.165) is 11.3 Å². The maximum Gasteiger partial charge on any atom is 0.256 e. The molecular formula is C26H27Cl2N3O2. The van der Waals surface area contributed by atoms with Crippen LogP contribution >= 0.6 is 23.2 Å². The average molecular weight is 484 g/mol. The van der Waals surface area contributed by atoms with Crippen molar-refractivity contribution in [2.24, 2.45) is 0 Å². The van der Waals surface area contributed by atoms with Crippen LogP contribution in [0.5, 0.6) is 0 Å². The van der Waals surface area contributed by atoms with Crippen molar-refractivity contribution in [1.82, 2.24) is 14.4 Å². The molecule has 1 atom stereocenters. The third kappa shape index (κ3) is 4.80. The van der Waals surface area contributed by atoms with Gasteiger partial charge in [-0.3, -0.25) is 9.59 Å². The zero-order valence-electron chi connectivity index (χ0n) is 19.0. The molecule has 2 amide bonds. The fraction of sp³-hybridized carbons (Fsp3) is 0.308. The normalized spacial score (nSPS) is 15.8. The van der Waals surface area contributed by atoms with Crippen molar-refractivity contribution in [3.05, 3.63) is 93.7 Å². The van der Waals surface area contributed by atoms with Crippen molar-refractivity contribution in [3.8, 4) is 0 Å². The monoisotopic (exact) mass is 483 g/mol. The Morgan fingerprint density at radius 3 is 2.33 bits per heavy atom. The molecule has 1 aliphatic heterocycles. The van der Waals surface area contributed by atoms with Gasteiger partial charge in [-0.05, 0) is 62.7 Å². The van der Waals surface area contributed by atoms with E-state index < -0.39 is 5.54 Å². The molecular weight excluding hydrogens is 457 g/mol. The molecule has 0 radical (unpaired) electrons. The smallest absolute Gasteiger partial charge is 0.256 e. The van der Waals surface area contributed by atoms with Crippen LogP contribution in [0.2, 0.25) is 10.0 Å². The number of benzene rings is 2. The Labute approximate surface area is 204 Å². The van der Waals surface area contributed by atoms with E-state index in [2.05, 4.69) is 4.57 Å². The van der Waals surface area contributed by atoms with E-state index in [4.69, 9.17) is 23.2 Å². The van der Waals surface area contributed by atoms with Crippen molar-refractivity contribution in [2.75, 3.05) is 13.1 Å². The predicted molar refractivity (Wildman–Crippen MR) is 132 cm³/mol. The molecule has 7 heteroatoms. The third-order valence-electron chi connectivity index (χ3n) is 6.00. The molecule has 0 fully saturated rings. The molecule has 0 bridgehead atoms. The summed E-state index contributed by atoms with van der Waals surface area (Å²) < 4.78 is 2.17. The number of amides is 2. The lowest BCUT2D eigenvalue weighted by atomic mass is 9.99. The van der Waals surface area contributed by atoms with Crippen LogP contribution in [0, 0.1) is 0 Å². The highest BCUT2D eigenvalue weighted by Gasteiger charge is 2.36. The second-order valence-corrected chi connectivity index (χ2v) is 10.1. The van der Waals surface area contributed by atoms with E-state index >= 15 is 0 Å². The minimum Gasteiger partial charge on any atom is -0.348 e. The number of fused-ring (bicyclic) bond motifs is 1. The zero-order chi connectivity index (χ0) is 23.8. The van der Waals surface area contributed by atoms with E-state index in [0.29, 0.717) is 28.7 Å². The minimum absolute atomic E-state index is 0.0433. The summed E-state index contributed by atoms with van der Waals surface area (Å²) in [7, 11) is 0. The van der Waals surface area contributed by atoms with Gasteiger partial charge in [0.05, 0.1) is 16.6 Å². The van der Waals surface area contributed by atoms with Gasteiger partial charge in [0.1, 0.15) is 6.54 Å². The van der Waals surface area contributed by atoms with Crippen LogP contribution in [0.1, 0.15) is 48.4 Å². The number of nitrogens with zero attached hydrogens (tertiary/aromatic N) is 3. The van der Waals surface area contributed by atoms with Gasteiger partial charge in [0.2, 0.25) is 5.91 Å². The lowest BCUT2D eigenvalue weighted by molar-refractivity contribution is -0.135. The van der Waals surface area contributed by atoms with Gasteiger partial charge in [-0.15, -0.1) is 0 Å². The van der Waals surface area contributed by atoms with Crippen LogP contribution in [0.4, 0.5) is 0 Å². The molecule has 0 N–H and O–H groups in total. The zero-order valence-corrected chi connectivity index (χ0v) is 20.5. The molecule has 5 nitrogen and oxygen atoms in total. The van der Waals surface area contributed by atoms with Crippen LogP contribution in [-0.4, -0.2) is 44.8 Å². The van der Waals surface area contributed by atoms with Gasteiger partial charge >= 0.3 is 0 Å². The second-order valence-electron chi connectivity index (χ2n) is 9.21. The Balaban J connectivity index is 1.66. The molecule has 4 rings (SSSR count). The summed E-state index contributed by atoms with van der Waals surface area (Å²) in [6.45, 7) is 6.98. The Hall–Kier alpha value is -2.76. The number of carbonyl (C=O) groups is 2. The summed E-state index contributed by atoms with van der Waals surface area (Å²) in [5.41, 5.74) is 1.84. The van der Waals surface area contributed by atoms with Crippen molar-refractivity contribution < 1.29 is 9.59 Å². The highest BCUT2D eigenvalue weighted by atomic mass is 35.5. The maximum absolute atomic E-state index is 13.7. The molecule has 2 heterocycles. The van der Waals surface area contributed by atoms with E-state index in [-0.39, 0.29) is 24.4 Å². The topological polar surface area (TPSA) is 45.6 Å². The molecule has 1 aliphatic rings. The molecule has 1 aromatic heterocycles. The summed E-state index contributed by atoms with van der Waals surface area (Å²) >= 11 is 12.4. The van der Waals surface area contributed by atoms with Crippen LogP contribution in [0.25, 0.3) is 0 Å². The van der Waals surface area contributed by atoms with Crippen LogP contribution in [-0.2, 0) is 11.3 Å². The maximum atomic E-state index is 13.7.